The lowest BCUT2D eigenvalue weighted by Gasteiger charge is -2.32. The number of rotatable bonds is 6. The summed E-state index contributed by atoms with van der Waals surface area (Å²) in [5, 5.41) is 11.9. The molecule has 0 aliphatic carbocycles. The van der Waals surface area contributed by atoms with E-state index in [1.165, 1.54) is 0 Å². The number of ether oxygens (including phenoxy) is 1. The maximum Gasteiger partial charge on any atom is 0.272 e. The maximum atomic E-state index is 13.0. The first-order valence-corrected chi connectivity index (χ1v) is 10.8. The van der Waals surface area contributed by atoms with E-state index in [4.69, 9.17) is 4.74 Å². The molecule has 9 nitrogen and oxygen atoms in total. The number of likely N-dealkylation sites (tertiary alicyclic amines) is 1. The van der Waals surface area contributed by atoms with Crippen LogP contribution in [0.4, 0.5) is 5.82 Å². The Kier molecular flexibility index (Phi) is 6.17. The minimum Gasteiger partial charge on any atom is -0.381 e. The second kappa shape index (κ2) is 8.99. The van der Waals surface area contributed by atoms with E-state index in [1.54, 1.807) is 10.9 Å². The minimum atomic E-state index is -0.0932. The van der Waals surface area contributed by atoms with Crippen LogP contribution in [0, 0.1) is 5.92 Å². The fraction of sp³-hybridized carbons (Fsp3) is 0.619. The molecule has 0 spiro atoms. The van der Waals surface area contributed by atoms with E-state index in [9.17, 15) is 9.59 Å². The van der Waals surface area contributed by atoms with Gasteiger partial charge in [-0.15, -0.1) is 0 Å². The predicted molar refractivity (Wildman–Crippen MR) is 111 cm³/mol. The summed E-state index contributed by atoms with van der Waals surface area (Å²) >= 11 is 0. The van der Waals surface area contributed by atoms with E-state index in [2.05, 4.69) is 22.4 Å². The van der Waals surface area contributed by atoms with Crippen molar-refractivity contribution in [2.75, 3.05) is 31.6 Å². The summed E-state index contributed by atoms with van der Waals surface area (Å²) in [6.07, 6.45) is 5.94. The number of hydrogen-bond acceptors (Lipinski definition) is 5. The van der Waals surface area contributed by atoms with E-state index in [-0.39, 0.29) is 23.8 Å². The Labute approximate surface area is 176 Å². The number of carbonyl (C=O) groups excluding carboxylic acids is 2. The number of aromatic nitrogens is 4. The molecule has 1 N–H and O–H groups in total. The highest BCUT2D eigenvalue weighted by Crippen LogP contribution is 2.27. The van der Waals surface area contributed by atoms with Crippen molar-refractivity contribution in [1.29, 1.82) is 0 Å². The quantitative estimate of drug-likeness (QED) is 0.780. The van der Waals surface area contributed by atoms with Crippen molar-refractivity contribution in [3.8, 4) is 0 Å². The Hall–Kier alpha value is -2.68. The van der Waals surface area contributed by atoms with Crippen molar-refractivity contribution < 1.29 is 14.3 Å². The average molecular weight is 415 g/mol. The number of piperidine rings is 1. The molecule has 0 radical (unpaired) electrons. The van der Waals surface area contributed by atoms with E-state index in [0.29, 0.717) is 37.8 Å². The first-order valence-electron chi connectivity index (χ1n) is 10.8. The van der Waals surface area contributed by atoms with Crippen LogP contribution in [0.15, 0.2) is 18.3 Å². The third kappa shape index (κ3) is 4.26. The summed E-state index contributed by atoms with van der Waals surface area (Å²) in [5.74, 6) is 0.638. The summed E-state index contributed by atoms with van der Waals surface area (Å²) in [5.41, 5.74) is 1.60. The van der Waals surface area contributed by atoms with Gasteiger partial charge in [0, 0.05) is 32.8 Å². The number of nitrogens with one attached hydrogen (secondary N) is 1. The molecule has 2 fully saturated rings. The van der Waals surface area contributed by atoms with Crippen molar-refractivity contribution in [1.82, 2.24) is 24.5 Å². The van der Waals surface area contributed by atoms with Gasteiger partial charge in [0.25, 0.3) is 5.91 Å². The number of carbonyl (C=O) groups is 2. The Morgan fingerprint density at radius 3 is 2.77 bits per heavy atom. The van der Waals surface area contributed by atoms with Crippen molar-refractivity contribution in [3.63, 3.8) is 0 Å². The summed E-state index contributed by atoms with van der Waals surface area (Å²) in [4.78, 5) is 27.3. The SMILES string of the molecule is CCCc1cc(C(=O)N2CCC(n3nccc3NC(=O)C3CCOC3)CC2)n(C)n1. The second-order valence-electron chi connectivity index (χ2n) is 8.13. The zero-order valence-electron chi connectivity index (χ0n) is 17.7. The number of anilines is 1. The molecule has 30 heavy (non-hydrogen) atoms. The van der Waals surface area contributed by atoms with Gasteiger partial charge in [-0.1, -0.05) is 13.3 Å². The number of nitrogens with zero attached hydrogens (tertiary/aromatic N) is 5. The lowest BCUT2D eigenvalue weighted by molar-refractivity contribution is -0.119. The van der Waals surface area contributed by atoms with Crippen molar-refractivity contribution in [3.05, 3.63) is 29.7 Å². The average Bonchev–Trinajstić information content (AvgIpc) is 3.49. The van der Waals surface area contributed by atoms with Gasteiger partial charge in [-0.2, -0.15) is 10.2 Å². The monoisotopic (exact) mass is 414 g/mol. The predicted octanol–water partition coefficient (Wildman–Crippen LogP) is 2.02. The van der Waals surface area contributed by atoms with Gasteiger partial charge < -0.3 is 15.0 Å². The minimum absolute atomic E-state index is 0.0130. The zero-order valence-corrected chi connectivity index (χ0v) is 17.7. The Morgan fingerprint density at radius 1 is 1.27 bits per heavy atom. The van der Waals surface area contributed by atoms with Crippen LogP contribution in [0.2, 0.25) is 0 Å². The summed E-state index contributed by atoms with van der Waals surface area (Å²) in [7, 11) is 1.83. The first kappa shape index (κ1) is 20.6. The molecule has 2 saturated heterocycles. The second-order valence-corrected chi connectivity index (χ2v) is 8.13. The lowest BCUT2D eigenvalue weighted by Crippen LogP contribution is -2.40. The first-order chi connectivity index (χ1) is 14.6. The topological polar surface area (TPSA) is 94.3 Å². The van der Waals surface area contributed by atoms with Crippen molar-refractivity contribution in [2.45, 2.75) is 45.1 Å². The third-order valence-corrected chi connectivity index (χ3v) is 5.98. The highest BCUT2D eigenvalue weighted by Gasteiger charge is 2.29. The molecule has 9 heteroatoms. The van der Waals surface area contributed by atoms with E-state index >= 15 is 0 Å². The third-order valence-electron chi connectivity index (χ3n) is 5.98. The molecule has 2 aliphatic rings. The van der Waals surface area contributed by atoms with Gasteiger partial charge >= 0.3 is 0 Å². The molecular formula is C21H30N6O3. The summed E-state index contributed by atoms with van der Waals surface area (Å²) in [6, 6.07) is 3.89. The Morgan fingerprint density at radius 2 is 2.07 bits per heavy atom. The molecule has 4 heterocycles. The van der Waals surface area contributed by atoms with Gasteiger partial charge in [0.1, 0.15) is 11.5 Å². The lowest BCUT2D eigenvalue weighted by atomic mass is 10.0. The highest BCUT2D eigenvalue weighted by atomic mass is 16.5. The molecule has 2 aromatic heterocycles. The number of hydrogen-bond donors (Lipinski definition) is 1. The Balaban J connectivity index is 1.36. The maximum absolute atomic E-state index is 13.0. The molecule has 2 amide bonds. The molecule has 4 rings (SSSR count). The van der Waals surface area contributed by atoms with Crippen LogP contribution in [0.5, 0.6) is 0 Å². The van der Waals surface area contributed by atoms with Crippen LogP contribution in [0.25, 0.3) is 0 Å². The van der Waals surface area contributed by atoms with Crippen LogP contribution < -0.4 is 5.32 Å². The van der Waals surface area contributed by atoms with Crippen LogP contribution in [0.1, 0.15) is 54.8 Å². The van der Waals surface area contributed by atoms with Gasteiger partial charge in [-0.25, -0.2) is 4.68 Å². The normalized spacial score (nSPS) is 19.9. The Bertz CT molecular complexity index is 890. The van der Waals surface area contributed by atoms with Gasteiger partial charge in [0.2, 0.25) is 5.91 Å². The van der Waals surface area contributed by atoms with Crippen LogP contribution in [0.3, 0.4) is 0 Å². The van der Waals surface area contributed by atoms with Gasteiger partial charge in [-0.3, -0.25) is 14.3 Å². The van der Waals surface area contributed by atoms with Crippen LogP contribution in [-0.4, -0.2) is 62.6 Å². The molecule has 2 aliphatic heterocycles. The van der Waals surface area contributed by atoms with Gasteiger partial charge in [-0.05, 0) is 31.7 Å². The molecule has 162 valence electrons. The van der Waals surface area contributed by atoms with E-state index < -0.39 is 0 Å². The molecule has 0 bridgehead atoms. The van der Waals surface area contributed by atoms with Crippen LogP contribution >= 0.6 is 0 Å². The molecular weight excluding hydrogens is 384 g/mol. The van der Waals surface area contributed by atoms with Gasteiger partial charge in [0.15, 0.2) is 0 Å². The van der Waals surface area contributed by atoms with Gasteiger partial charge in [0.05, 0.1) is 30.5 Å². The smallest absolute Gasteiger partial charge is 0.272 e. The summed E-state index contributed by atoms with van der Waals surface area (Å²) in [6.45, 7) is 4.53. The van der Waals surface area contributed by atoms with Crippen molar-refractivity contribution >= 4 is 17.6 Å². The van der Waals surface area contributed by atoms with Crippen LogP contribution in [-0.2, 0) is 23.0 Å². The molecule has 1 unspecified atom stereocenters. The molecule has 2 aromatic rings. The standard InChI is InChI=1S/C21H30N6O3/c1-3-4-16-13-18(25(2)24-16)21(29)26-10-6-17(7-11-26)27-19(5-9-22-27)23-20(28)15-8-12-30-14-15/h5,9,13,15,17H,3-4,6-8,10-12,14H2,1-2H3,(H,23,28). The molecule has 0 aromatic carbocycles. The van der Waals surface area contributed by atoms with E-state index in [1.807, 2.05) is 28.8 Å². The fourth-order valence-electron chi connectivity index (χ4n) is 4.25. The zero-order chi connectivity index (χ0) is 21.1. The fourth-order valence-corrected chi connectivity index (χ4v) is 4.25. The van der Waals surface area contributed by atoms with Crippen molar-refractivity contribution in [2.24, 2.45) is 13.0 Å². The highest BCUT2D eigenvalue weighted by molar-refractivity contribution is 5.93. The van der Waals surface area contributed by atoms with E-state index in [0.717, 1.165) is 37.8 Å². The molecule has 1 atom stereocenters. The largest absolute Gasteiger partial charge is 0.381 e. The number of aryl methyl sites for hydroxylation is 2. The molecule has 0 saturated carbocycles. The summed E-state index contributed by atoms with van der Waals surface area (Å²) < 4.78 is 8.89. The number of amides is 2.